The molecule has 0 radical (unpaired) electrons. The lowest BCUT2D eigenvalue weighted by Gasteiger charge is -2.02. The second kappa shape index (κ2) is 6.47. The van der Waals surface area contributed by atoms with Crippen LogP contribution in [0.2, 0.25) is 0 Å². The van der Waals surface area contributed by atoms with Crippen molar-refractivity contribution >= 4 is 11.3 Å². The highest BCUT2D eigenvalue weighted by atomic mass is 32.1. The van der Waals surface area contributed by atoms with E-state index < -0.39 is 0 Å². The van der Waals surface area contributed by atoms with Crippen LogP contribution in [0.5, 0.6) is 5.75 Å². The van der Waals surface area contributed by atoms with E-state index in [1.165, 1.54) is 5.56 Å². The summed E-state index contributed by atoms with van der Waals surface area (Å²) in [7, 11) is 1.68. The fourth-order valence-corrected chi connectivity index (χ4v) is 2.55. The van der Waals surface area contributed by atoms with Crippen molar-refractivity contribution in [2.75, 3.05) is 13.7 Å². The zero-order valence-corrected chi connectivity index (χ0v) is 11.2. The van der Waals surface area contributed by atoms with Crippen LogP contribution >= 0.6 is 11.3 Å². The summed E-state index contributed by atoms with van der Waals surface area (Å²) < 4.78 is 5.20. The zero-order valence-electron chi connectivity index (χ0n) is 10.4. The second-order valence-electron chi connectivity index (χ2n) is 3.98. The number of methoxy groups -OCH3 is 1. The minimum atomic E-state index is 0.629. The highest BCUT2D eigenvalue weighted by molar-refractivity contribution is 7.11. The quantitative estimate of drug-likeness (QED) is 0.863. The first-order valence-corrected chi connectivity index (χ1v) is 6.77. The number of hydrogen-bond donors (Lipinski definition) is 1. The van der Waals surface area contributed by atoms with E-state index in [-0.39, 0.29) is 0 Å². The van der Waals surface area contributed by atoms with Gasteiger partial charge in [0.05, 0.1) is 7.11 Å². The molecule has 0 aliphatic heterocycles. The molecule has 5 heteroatoms. The van der Waals surface area contributed by atoms with Crippen LogP contribution in [0.3, 0.4) is 0 Å². The lowest BCUT2D eigenvalue weighted by molar-refractivity contribution is 0.414. The highest BCUT2D eigenvalue weighted by Crippen LogP contribution is 2.16. The molecule has 1 aromatic heterocycles. The summed E-state index contributed by atoms with van der Waals surface area (Å²) in [5.41, 5.74) is 6.75. The molecular formula is C13H17N3OS. The molecule has 96 valence electrons. The molecular weight excluding hydrogens is 246 g/mol. The predicted octanol–water partition coefficient (Wildman–Crippen LogP) is 1.83. The van der Waals surface area contributed by atoms with E-state index in [9.17, 15) is 0 Å². The molecule has 0 aliphatic rings. The Hall–Kier alpha value is -1.46. The first-order valence-electron chi connectivity index (χ1n) is 5.96. The first-order chi connectivity index (χ1) is 8.81. The average molecular weight is 263 g/mol. The lowest BCUT2D eigenvalue weighted by atomic mass is 10.1. The Balaban J connectivity index is 1.93. The molecule has 1 heterocycles. The number of rotatable bonds is 6. The predicted molar refractivity (Wildman–Crippen MR) is 73.1 cm³/mol. The normalized spacial score (nSPS) is 10.6. The van der Waals surface area contributed by atoms with Gasteiger partial charge in [0.2, 0.25) is 0 Å². The Bertz CT molecular complexity index is 498. The van der Waals surface area contributed by atoms with Gasteiger partial charge in [0.1, 0.15) is 15.8 Å². The maximum absolute atomic E-state index is 5.49. The first kappa shape index (κ1) is 13.0. The van der Waals surface area contributed by atoms with Gasteiger partial charge in [0.15, 0.2) is 0 Å². The van der Waals surface area contributed by atoms with Crippen LogP contribution in [0.4, 0.5) is 0 Å². The van der Waals surface area contributed by atoms with Crippen LogP contribution < -0.4 is 10.5 Å². The lowest BCUT2D eigenvalue weighted by Crippen LogP contribution is -2.01. The Morgan fingerprint density at radius 2 is 1.94 bits per heavy atom. The van der Waals surface area contributed by atoms with Crippen molar-refractivity contribution in [3.8, 4) is 5.75 Å². The van der Waals surface area contributed by atoms with Gasteiger partial charge in [-0.2, -0.15) is 0 Å². The van der Waals surface area contributed by atoms with Gasteiger partial charge < -0.3 is 10.5 Å². The zero-order chi connectivity index (χ0) is 12.8. The van der Waals surface area contributed by atoms with Gasteiger partial charge in [0.25, 0.3) is 0 Å². The smallest absolute Gasteiger partial charge is 0.119 e. The molecule has 0 unspecified atom stereocenters. The van der Waals surface area contributed by atoms with Gasteiger partial charge >= 0.3 is 0 Å². The summed E-state index contributed by atoms with van der Waals surface area (Å²) in [6.45, 7) is 0.629. The van der Waals surface area contributed by atoms with Crippen molar-refractivity contribution in [2.45, 2.75) is 19.3 Å². The van der Waals surface area contributed by atoms with Gasteiger partial charge in [-0.05, 0) is 30.7 Å². The topological polar surface area (TPSA) is 61.0 Å². The van der Waals surface area contributed by atoms with E-state index in [4.69, 9.17) is 10.5 Å². The monoisotopic (exact) mass is 263 g/mol. The van der Waals surface area contributed by atoms with Crippen LogP contribution in [-0.2, 0) is 19.3 Å². The number of nitrogens with two attached hydrogens (primary N) is 1. The number of aryl methyl sites for hydroxylation is 2. The molecule has 0 bridgehead atoms. The Morgan fingerprint density at radius 1 is 1.17 bits per heavy atom. The van der Waals surface area contributed by atoms with Crippen molar-refractivity contribution in [3.63, 3.8) is 0 Å². The molecule has 0 atom stereocenters. The summed E-state index contributed by atoms with van der Waals surface area (Å²) in [5, 5.41) is 10.4. The SMILES string of the molecule is COc1cccc(CCc2nnc(CCN)s2)c1. The summed E-state index contributed by atoms with van der Waals surface area (Å²) in [5.74, 6) is 0.897. The maximum Gasteiger partial charge on any atom is 0.119 e. The Labute approximate surface area is 111 Å². The molecule has 2 aromatic rings. The fraction of sp³-hybridized carbons (Fsp3) is 0.385. The van der Waals surface area contributed by atoms with Crippen LogP contribution in [-0.4, -0.2) is 23.9 Å². The largest absolute Gasteiger partial charge is 0.497 e. The molecule has 0 fully saturated rings. The molecule has 0 amide bonds. The fourth-order valence-electron chi connectivity index (χ4n) is 1.69. The molecule has 2 N–H and O–H groups in total. The van der Waals surface area contributed by atoms with Crippen molar-refractivity contribution in [1.29, 1.82) is 0 Å². The van der Waals surface area contributed by atoms with Gasteiger partial charge in [-0.15, -0.1) is 21.5 Å². The molecule has 2 rings (SSSR count). The number of hydrogen-bond acceptors (Lipinski definition) is 5. The van der Waals surface area contributed by atoms with Crippen LogP contribution in [0, 0.1) is 0 Å². The van der Waals surface area contributed by atoms with E-state index in [1.54, 1.807) is 18.4 Å². The van der Waals surface area contributed by atoms with Gasteiger partial charge in [-0.1, -0.05) is 12.1 Å². The highest BCUT2D eigenvalue weighted by Gasteiger charge is 2.04. The molecule has 0 aliphatic carbocycles. The van der Waals surface area contributed by atoms with E-state index in [1.807, 2.05) is 12.1 Å². The molecule has 4 nitrogen and oxygen atoms in total. The van der Waals surface area contributed by atoms with E-state index in [2.05, 4.69) is 22.3 Å². The third kappa shape index (κ3) is 3.51. The molecule has 0 spiro atoms. The standard InChI is InChI=1S/C13H17N3OS/c1-17-11-4-2-3-10(9-11)5-6-12-15-16-13(18-12)7-8-14/h2-4,9H,5-8,14H2,1H3. The Kier molecular flexibility index (Phi) is 4.66. The van der Waals surface area contributed by atoms with Crippen molar-refractivity contribution < 1.29 is 4.74 Å². The average Bonchev–Trinajstić information content (AvgIpc) is 2.85. The van der Waals surface area contributed by atoms with Gasteiger partial charge in [-0.3, -0.25) is 0 Å². The van der Waals surface area contributed by atoms with Gasteiger partial charge in [-0.25, -0.2) is 0 Å². The van der Waals surface area contributed by atoms with Crippen LogP contribution in [0.1, 0.15) is 15.6 Å². The van der Waals surface area contributed by atoms with Crippen LogP contribution in [0.15, 0.2) is 24.3 Å². The molecule has 1 aromatic carbocycles. The third-order valence-electron chi connectivity index (χ3n) is 2.63. The van der Waals surface area contributed by atoms with E-state index >= 15 is 0 Å². The minimum absolute atomic E-state index is 0.629. The van der Waals surface area contributed by atoms with Crippen molar-refractivity contribution in [2.24, 2.45) is 5.73 Å². The summed E-state index contributed by atoms with van der Waals surface area (Å²) in [4.78, 5) is 0. The maximum atomic E-state index is 5.49. The summed E-state index contributed by atoms with van der Waals surface area (Å²) in [6, 6.07) is 8.12. The third-order valence-corrected chi connectivity index (χ3v) is 3.67. The van der Waals surface area contributed by atoms with E-state index in [0.717, 1.165) is 35.0 Å². The van der Waals surface area contributed by atoms with Crippen molar-refractivity contribution in [3.05, 3.63) is 39.8 Å². The summed E-state index contributed by atoms with van der Waals surface area (Å²) >= 11 is 1.65. The molecule has 18 heavy (non-hydrogen) atoms. The number of aromatic nitrogens is 2. The molecule has 0 saturated carbocycles. The van der Waals surface area contributed by atoms with Crippen LogP contribution in [0.25, 0.3) is 0 Å². The number of ether oxygens (including phenoxy) is 1. The second-order valence-corrected chi connectivity index (χ2v) is 5.13. The summed E-state index contributed by atoms with van der Waals surface area (Å²) in [6.07, 6.45) is 2.68. The molecule has 0 saturated heterocycles. The van der Waals surface area contributed by atoms with Crippen molar-refractivity contribution in [1.82, 2.24) is 10.2 Å². The number of benzene rings is 1. The van der Waals surface area contributed by atoms with E-state index in [0.29, 0.717) is 6.54 Å². The number of nitrogens with zero attached hydrogens (tertiary/aromatic N) is 2. The Morgan fingerprint density at radius 3 is 2.67 bits per heavy atom. The minimum Gasteiger partial charge on any atom is -0.497 e. The van der Waals surface area contributed by atoms with Gasteiger partial charge in [0, 0.05) is 12.8 Å².